The van der Waals surface area contributed by atoms with Gasteiger partial charge in [0.25, 0.3) is 0 Å². The molecule has 5 nitrogen and oxygen atoms in total. The minimum Gasteiger partial charge on any atom is -0.393 e. The molecule has 2 aromatic heterocycles. The van der Waals surface area contributed by atoms with Crippen LogP contribution in [0.15, 0.2) is 42.5 Å². The number of anilines is 2. The minimum absolute atomic E-state index is 0.182. The molecule has 1 aliphatic rings. The van der Waals surface area contributed by atoms with E-state index in [1.165, 1.54) is 12.1 Å². The van der Waals surface area contributed by atoms with Gasteiger partial charge in [0.05, 0.1) is 11.7 Å². The summed E-state index contributed by atoms with van der Waals surface area (Å²) in [5.74, 6) is 0.843. The van der Waals surface area contributed by atoms with Crippen molar-refractivity contribution in [2.45, 2.75) is 44.4 Å². The Bertz CT molecular complexity index is 944. The maximum Gasteiger partial charge on any atom is 0.416 e. The van der Waals surface area contributed by atoms with Crippen LogP contribution in [0.1, 0.15) is 36.9 Å². The molecule has 148 valence electrons. The van der Waals surface area contributed by atoms with Crippen molar-refractivity contribution in [1.29, 1.82) is 0 Å². The van der Waals surface area contributed by atoms with Crippen LogP contribution in [0.5, 0.6) is 0 Å². The zero-order valence-electron chi connectivity index (χ0n) is 15.2. The smallest absolute Gasteiger partial charge is 0.393 e. The molecule has 0 unspecified atom stereocenters. The van der Waals surface area contributed by atoms with Crippen molar-refractivity contribution in [3.63, 3.8) is 0 Å². The van der Waals surface area contributed by atoms with E-state index >= 15 is 0 Å². The van der Waals surface area contributed by atoms with Gasteiger partial charge in [-0.15, -0.1) is 5.10 Å². The average molecular weight is 390 g/mol. The third-order valence-corrected chi connectivity index (χ3v) is 5.22. The highest BCUT2D eigenvalue weighted by atomic mass is 19.4. The van der Waals surface area contributed by atoms with Crippen LogP contribution in [-0.2, 0) is 12.6 Å². The number of halogens is 3. The van der Waals surface area contributed by atoms with Crippen molar-refractivity contribution in [2.24, 2.45) is 5.92 Å². The molecule has 2 heterocycles. The van der Waals surface area contributed by atoms with Gasteiger partial charge in [0.15, 0.2) is 5.65 Å². The zero-order valence-corrected chi connectivity index (χ0v) is 15.2. The van der Waals surface area contributed by atoms with Crippen molar-refractivity contribution < 1.29 is 18.3 Å². The molecule has 0 atom stereocenters. The zero-order chi connectivity index (χ0) is 19.7. The monoisotopic (exact) mass is 390 g/mol. The van der Waals surface area contributed by atoms with Crippen LogP contribution in [0, 0.1) is 5.92 Å². The van der Waals surface area contributed by atoms with Crippen LogP contribution >= 0.6 is 0 Å². The lowest BCUT2D eigenvalue weighted by Crippen LogP contribution is -2.20. The Morgan fingerprint density at radius 3 is 2.43 bits per heavy atom. The fourth-order valence-electron chi connectivity index (χ4n) is 3.68. The molecule has 0 bridgehead atoms. The molecule has 8 heteroatoms. The van der Waals surface area contributed by atoms with Crippen LogP contribution in [0.2, 0.25) is 0 Å². The summed E-state index contributed by atoms with van der Waals surface area (Å²) >= 11 is 0. The standard InChI is InChI=1S/C20H21F3N4O/c21-20(22,23)14-6-8-15(9-7-14)24-19-25-18-3-1-2-16(27(18)26-19)12-13-4-10-17(28)11-5-13/h1-3,6-9,13,17,28H,4-5,10-12H2,(H,24,26)/t13-,17-. The summed E-state index contributed by atoms with van der Waals surface area (Å²) in [6, 6.07) is 10.6. The van der Waals surface area contributed by atoms with Gasteiger partial charge < -0.3 is 10.4 Å². The molecule has 0 radical (unpaired) electrons. The van der Waals surface area contributed by atoms with Gasteiger partial charge in [-0.05, 0) is 74.4 Å². The molecule has 1 aromatic carbocycles. The van der Waals surface area contributed by atoms with E-state index in [1.54, 1.807) is 4.52 Å². The fraction of sp³-hybridized carbons (Fsp3) is 0.400. The summed E-state index contributed by atoms with van der Waals surface area (Å²) in [6.07, 6.45) is -0.0432. The quantitative estimate of drug-likeness (QED) is 0.684. The molecule has 28 heavy (non-hydrogen) atoms. The first-order valence-electron chi connectivity index (χ1n) is 9.35. The highest BCUT2D eigenvalue weighted by Crippen LogP contribution is 2.30. The molecule has 1 aliphatic carbocycles. The Balaban J connectivity index is 1.51. The van der Waals surface area contributed by atoms with E-state index in [-0.39, 0.29) is 6.10 Å². The Morgan fingerprint density at radius 1 is 1.04 bits per heavy atom. The Kier molecular flexibility index (Phi) is 4.97. The Hall–Kier alpha value is -2.61. The fourth-order valence-corrected chi connectivity index (χ4v) is 3.68. The Morgan fingerprint density at radius 2 is 1.75 bits per heavy atom. The molecule has 4 rings (SSSR count). The van der Waals surface area contributed by atoms with Gasteiger partial charge in [-0.25, -0.2) is 4.52 Å². The second-order valence-corrected chi connectivity index (χ2v) is 7.30. The van der Waals surface area contributed by atoms with Crippen LogP contribution in [0.25, 0.3) is 5.65 Å². The maximum atomic E-state index is 12.7. The van der Waals surface area contributed by atoms with Crippen molar-refractivity contribution >= 4 is 17.3 Å². The number of pyridine rings is 1. The summed E-state index contributed by atoms with van der Waals surface area (Å²) in [5.41, 5.74) is 1.52. The van der Waals surface area contributed by atoms with Gasteiger partial charge >= 0.3 is 6.18 Å². The molecular formula is C20H21F3N4O. The van der Waals surface area contributed by atoms with E-state index in [9.17, 15) is 18.3 Å². The number of aromatic nitrogens is 3. The topological polar surface area (TPSA) is 62.5 Å². The molecule has 0 aliphatic heterocycles. The van der Waals surface area contributed by atoms with Crippen LogP contribution in [0.4, 0.5) is 24.8 Å². The lowest BCUT2D eigenvalue weighted by Gasteiger charge is -2.25. The normalized spacial score (nSPS) is 20.4. The molecule has 0 spiro atoms. The lowest BCUT2D eigenvalue weighted by molar-refractivity contribution is -0.137. The minimum atomic E-state index is -4.36. The summed E-state index contributed by atoms with van der Waals surface area (Å²) in [7, 11) is 0. The molecule has 1 fully saturated rings. The van der Waals surface area contributed by atoms with E-state index in [1.807, 2.05) is 18.2 Å². The first-order chi connectivity index (χ1) is 13.4. The predicted molar refractivity (Wildman–Crippen MR) is 99.4 cm³/mol. The highest BCUT2D eigenvalue weighted by molar-refractivity contribution is 5.56. The average Bonchev–Trinajstić information content (AvgIpc) is 3.07. The van der Waals surface area contributed by atoms with Gasteiger partial charge in [-0.2, -0.15) is 18.2 Å². The van der Waals surface area contributed by atoms with Crippen molar-refractivity contribution in [2.75, 3.05) is 5.32 Å². The Labute approximate surface area is 160 Å². The second kappa shape index (κ2) is 7.43. The summed E-state index contributed by atoms with van der Waals surface area (Å²) < 4.78 is 39.8. The molecule has 0 amide bonds. The lowest BCUT2D eigenvalue weighted by atomic mass is 9.84. The van der Waals surface area contributed by atoms with E-state index in [4.69, 9.17) is 0 Å². The van der Waals surface area contributed by atoms with Crippen LogP contribution in [-0.4, -0.2) is 25.8 Å². The second-order valence-electron chi connectivity index (χ2n) is 7.30. The molecule has 2 N–H and O–H groups in total. The van der Waals surface area contributed by atoms with Crippen LogP contribution in [0.3, 0.4) is 0 Å². The number of benzene rings is 1. The summed E-state index contributed by atoms with van der Waals surface area (Å²) in [6.45, 7) is 0. The highest BCUT2D eigenvalue weighted by Gasteiger charge is 2.30. The van der Waals surface area contributed by atoms with E-state index in [0.717, 1.165) is 49.9 Å². The number of alkyl halides is 3. The third-order valence-electron chi connectivity index (χ3n) is 5.22. The first kappa shape index (κ1) is 18.7. The van der Waals surface area contributed by atoms with E-state index in [2.05, 4.69) is 15.4 Å². The number of nitrogens with zero attached hydrogens (tertiary/aromatic N) is 3. The van der Waals surface area contributed by atoms with Gasteiger partial charge in [0.1, 0.15) is 0 Å². The SMILES string of the molecule is O[C@H]1CC[C@H](Cc2cccc3nc(Nc4ccc(C(F)(F)F)cc4)nn23)CC1. The number of rotatable bonds is 4. The van der Waals surface area contributed by atoms with E-state index in [0.29, 0.717) is 23.2 Å². The van der Waals surface area contributed by atoms with Gasteiger partial charge in [-0.1, -0.05) is 6.07 Å². The molecule has 3 aromatic rings. The molecule has 1 saturated carbocycles. The number of aliphatic hydroxyl groups excluding tert-OH is 1. The number of hydrogen-bond donors (Lipinski definition) is 2. The van der Waals surface area contributed by atoms with Crippen molar-refractivity contribution in [1.82, 2.24) is 14.6 Å². The van der Waals surface area contributed by atoms with Gasteiger partial charge in [0.2, 0.25) is 5.95 Å². The number of fused-ring (bicyclic) bond motifs is 1. The first-order valence-corrected chi connectivity index (χ1v) is 9.35. The van der Waals surface area contributed by atoms with Gasteiger partial charge in [0, 0.05) is 11.4 Å². The van der Waals surface area contributed by atoms with Crippen molar-refractivity contribution in [3.8, 4) is 0 Å². The predicted octanol–water partition coefficient (Wildman–Crippen LogP) is 4.59. The number of aliphatic hydroxyl groups is 1. The largest absolute Gasteiger partial charge is 0.416 e. The summed E-state index contributed by atoms with van der Waals surface area (Å²) in [4.78, 5) is 4.42. The maximum absolute atomic E-state index is 12.7. The van der Waals surface area contributed by atoms with Crippen LogP contribution < -0.4 is 5.32 Å². The summed E-state index contributed by atoms with van der Waals surface area (Å²) in [5, 5.41) is 17.1. The molecule has 0 saturated heterocycles. The van der Waals surface area contributed by atoms with Crippen molar-refractivity contribution in [3.05, 3.63) is 53.7 Å². The third kappa shape index (κ3) is 4.11. The molecular weight excluding hydrogens is 369 g/mol. The number of nitrogens with one attached hydrogen (secondary N) is 1. The van der Waals surface area contributed by atoms with Gasteiger partial charge in [-0.3, -0.25) is 0 Å². The van der Waals surface area contributed by atoms with E-state index < -0.39 is 11.7 Å². The number of hydrogen-bond acceptors (Lipinski definition) is 4.